The van der Waals surface area contributed by atoms with Crippen LogP contribution in [0.1, 0.15) is 5.56 Å². The van der Waals surface area contributed by atoms with Crippen molar-refractivity contribution in [2.75, 3.05) is 0 Å². The Morgan fingerprint density at radius 1 is 0.926 bits per heavy atom. The molecular weight excluding hydrogens is 364 g/mol. The fraction of sp³-hybridized carbons (Fsp3) is 0. The van der Waals surface area contributed by atoms with Gasteiger partial charge in [-0.2, -0.15) is 0 Å². The van der Waals surface area contributed by atoms with Gasteiger partial charge >= 0.3 is 11.6 Å². The van der Waals surface area contributed by atoms with Crippen LogP contribution in [0.15, 0.2) is 82.0 Å². The lowest BCUT2D eigenvalue weighted by atomic mass is 10.1. The molecular formula is C22H13ClO4. The van der Waals surface area contributed by atoms with Gasteiger partial charge in [0.25, 0.3) is 0 Å². The summed E-state index contributed by atoms with van der Waals surface area (Å²) < 4.78 is 10.7. The molecule has 0 aliphatic carbocycles. The maximum absolute atomic E-state index is 12.1. The Hall–Kier alpha value is -3.37. The highest BCUT2D eigenvalue weighted by Crippen LogP contribution is 2.26. The van der Waals surface area contributed by atoms with Gasteiger partial charge in [-0.15, -0.1) is 0 Å². The first-order valence-corrected chi connectivity index (χ1v) is 8.59. The summed E-state index contributed by atoms with van der Waals surface area (Å²) in [5.41, 5.74) is 0.766. The lowest BCUT2D eigenvalue weighted by molar-refractivity contribution is -0.128. The highest BCUT2D eigenvalue weighted by Gasteiger charge is 2.09. The smallest absolute Gasteiger partial charge is 0.344 e. The lowest BCUT2D eigenvalue weighted by Gasteiger charge is -2.05. The highest BCUT2D eigenvalue weighted by atomic mass is 35.5. The van der Waals surface area contributed by atoms with E-state index in [0.717, 1.165) is 16.3 Å². The van der Waals surface area contributed by atoms with Crippen LogP contribution in [0.4, 0.5) is 0 Å². The Morgan fingerprint density at radius 3 is 2.44 bits per heavy atom. The number of carbonyl (C=O) groups excluding carboxylic acids is 1. The predicted octanol–water partition coefficient (Wildman–Crippen LogP) is 5.22. The van der Waals surface area contributed by atoms with Crippen LogP contribution in [0.25, 0.3) is 27.8 Å². The van der Waals surface area contributed by atoms with Crippen LogP contribution in [0.5, 0.6) is 5.75 Å². The molecule has 0 radical (unpaired) electrons. The molecule has 5 heteroatoms. The van der Waals surface area contributed by atoms with Gasteiger partial charge in [-0.25, -0.2) is 9.59 Å². The topological polar surface area (TPSA) is 56.5 Å². The number of hydrogen-bond donors (Lipinski definition) is 0. The van der Waals surface area contributed by atoms with Gasteiger partial charge in [0, 0.05) is 22.6 Å². The fourth-order valence-corrected chi connectivity index (χ4v) is 2.94. The molecule has 4 nitrogen and oxygen atoms in total. The van der Waals surface area contributed by atoms with E-state index in [1.165, 1.54) is 12.1 Å². The molecule has 132 valence electrons. The summed E-state index contributed by atoms with van der Waals surface area (Å²) in [4.78, 5) is 24.2. The Labute approximate surface area is 159 Å². The van der Waals surface area contributed by atoms with Gasteiger partial charge in [0.1, 0.15) is 11.3 Å². The second kappa shape index (κ2) is 7.09. The van der Waals surface area contributed by atoms with Crippen LogP contribution in [0.3, 0.4) is 0 Å². The fourth-order valence-electron chi connectivity index (χ4n) is 2.81. The van der Waals surface area contributed by atoms with E-state index in [2.05, 4.69) is 0 Å². The molecule has 0 unspecified atom stereocenters. The summed E-state index contributed by atoms with van der Waals surface area (Å²) in [6.45, 7) is 0. The van der Waals surface area contributed by atoms with Crippen molar-refractivity contribution in [1.29, 1.82) is 0 Å². The maximum Gasteiger partial charge on any atom is 0.344 e. The normalized spacial score (nSPS) is 11.3. The van der Waals surface area contributed by atoms with E-state index in [-0.39, 0.29) is 0 Å². The van der Waals surface area contributed by atoms with Crippen molar-refractivity contribution in [1.82, 2.24) is 0 Å². The molecule has 0 saturated carbocycles. The standard InChI is InChI=1S/C22H13ClO4/c23-15-8-5-14(6-9-15)7-12-21(24)26-16-10-11-18-17-3-1-2-4-19(17)22(25)27-20(18)13-16/h1-13H/b12-7+. The third-order valence-corrected chi connectivity index (χ3v) is 4.35. The molecule has 0 saturated heterocycles. The molecule has 0 atom stereocenters. The molecule has 1 aromatic heterocycles. The van der Waals surface area contributed by atoms with Gasteiger partial charge < -0.3 is 9.15 Å². The van der Waals surface area contributed by atoms with Crippen molar-refractivity contribution in [3.05, 3.63) is 93.8 Å². The Balaban J connectivity index is 1.60. The molecule has 4 rings (SSSR count). The van der Waals surface area contributed by atoms with Crippen LogP contribution in [0, 0.1) is 0 Å². The number of carbonyl (C=O) groups is 1. The number of benzene rings is 3. The Kier molecular flexibility index (Phi) is 4.48. The van der Waals surface area contributed by atoms with E-state index in [0.29, 0.717) is 21.7 Å². The molecule has 3 aromatic carbocycles. The van der Waals surface area contributed by atoms with Crippen molar-refractivity contribution < 1.29 is 13.9 Å². The SMILES string of the molecule is O=C(/C=C/c1ccc(Cl)cc1)Oc1ccc2c(c1)oc(=O)c1ccccc12. The minimum absolute atomic E-state index is 0.298. The zero-order chi connectivity index (χ0) is 18.8. The van der Waals surface area contributed by atoms with E-state index < -0.39 is 11.6 Å². The first kappa shape index (κ1) is 17.1. The quantitative estimate of drug-likeness (QED) is 0.162. The number of ether oxygens (including phenoxy) is 1. The summed E-state index contributed by atoms with van der Waals surface area (Å²) in [5, 5.41) is 2.71. The van der Waals surface area contributed by atoms with Crippen molar-refractivity contribution in [2.24, 2.45) is 0 Å². The first-order chi connectivity index (χ1) is 13.1. The van der Waals surface area contributed by atoms with Gasteiger partial charge in [-0.3, -0.25) is 0 Å². The third-order valence-electron chi connectivity index (χ3n) is 4.09. The molecule has 0 N–H and O–H groups in total. The first-order valence-electron chi connectivity index (χ1n) is 8.21. The number of rotatable bonds is 3. The van der Waals surface area contributed by atoms with Gasteiger partial charge in [-0.1, -0.05) is 41.9 Å². The van der Waals surface area contributed by atoms with Crippen molar-refractivity contribution in [2.45, 2.75) is 0 Å². The minimum Gasteiger partial charge on any atom is -0.423 e. The molecule has 1 heterocycles. The van der Waals surface area contributed by atoms with E-state index in [4.69, 9.17) is 20.8 Å². The van der Waals surface area contributed by atoms with E-state index in [1.54, 1.807) is 54.6 Å². The van der Waals surface area contributed by atoms with Crippen LogP contribution in [0.2, 0.25) is 5.02 Å². The third kappa shape index (κ3) is 3.61. The molecule has 0 fully saturated rings. The second-order valence-electron chi connectivity index (χ2n) is 5.90. The molecule has 0 spiro atoms. The Morgan fingerprint density at radius 2 is 1.67 bits per heavy atom. The van der Waals surface area contributed by atoms with Crippen LogP contribution in [-0.4, -0.2) is 5.97 Å². The number of esters is 1. The molecule has 0 aliphatic heterocycles. The molecule has 0 bridgehead atoms. The summed E-state index contributed by atoms with van der Waals surface area (Å²) in [5.74, 6) is -0.237. The predicted molar refractivity (Wildman–Crippen MR) is 106 cm³/mol. The number of hydrogen-bond acceptors (Lipinski definition) is 4. The van der Waals surface area contributed by atoms with Crippen molar-refractivity contribution >= 4 is 45.4 Å². The zero-order valence-corrected chi connectivity index (χ0v) is 14.8. The monoisotopic (exact) mass is 376 g/mol. The molecule has 0 aliphatic rings. The Bertz CT molecular complexity index is 1240. The van der Waals surface area contributed by atoms with Crippen LogP contribution < -0.4 is 10.4 Å². The number of halogens is 1. The molecule has 0 amide bonds. The van der Waals surface area contributed by atoms with Crippen molar-refractivity contribution in [3.8, 4) is 5.75 Å². The van der Waals surface area contributed by atoms with Crippen LogP contribution in [-0.2, 0) is 4.79 Å². The van der Waals surface area contributed by atoms with E-state index >= 15 is 0 Å². The van der Waals surface area contributed by atoms with Gasteiger partial charge in [0.05, 0.1) is 5.39 Å². The van der Waals surface area contributed by atoms with Gasteiger partial charge in [0.15, 0.2) is 0 Å². The molecule has 27 heavy (non-hydrogen) atoms. The van der Waals surface area contributed by atoms with E-state index in [1.807, 2.05) is 12.1 Å². The average molecular weight is 377 g/mol. The summed E-state index contributed by atoms with van der Waals surface area (Å²) in [6.07, 6.45) is 2.96. The molecule has 4 aromatic rings. The lowest BCUT2D eigenvalue weighted by Crippen LogP contribution is -2.04. The maximum atomic E-state index is 12.1. The summed E-state index contributed by atoms with van der Waals surface area (Å²) >= 11 is 5.83. The minimum atomic E-state index is -0.535. The summed E-state index contributed by atoms with van der Waals surface area (Å²) in [6, 6.07) is 19.3. The summed E-state index contributed by atoms with van der Waals surface area (Å²) in [7, 11) is 0. The van der Waals surface area contributed by atoms with Crippen LogP contribution >= 0.6 is 11.6 Å². The largest absolute Gasteiger partial charge is 0.423 e. The van der Waals surface area contributed by atoms with Crippen molar-refractivity contribution in [3.63, 3.8) is 0 Å². The van der Waals surface area contributed by atoms with Gasteiger partial charge in [-0.05, 0) is 47.4 Å². The van der Waals surface area contributed by atoms with E-state index in [9.17, 15) is 9.59 Å². The van der Waals surface area contributed by atoms with Gasteiger partial charge in [0.2, 0.25) is 0 Å². The average Bonchev–Trinajstić information content (AvgIpc) is 2.68. The second-order valence-corrected chi connectivity index (χ2v) is 6.34. The highest BCUT2D eigenvalue weighted by molar-refractivity contribution is 6.30. The zero-order valence-electron chi connectivity index (χ0n) is 14.0. The number of fused-ring (bicyclic) bond motifs is 3.